The first-order valence-corrected chi connectivity index (χ1v) is 14.3. The van der Waals surface area contributed by atoms with Crippen molar-refractivity contribution < 1.29 is 9.21 Å². The van der Waals surface area contributed by atoms with Gasteiger partial charge in [-0.2, -0.15) is 11.8 Å². The summed E-state index contributed by atoms with van der Waals surface area (Å²) in [5, 5.41) is 4.05. The van der Waals surface area contributed by atoms with Gasteiger partial charge in [0.05, 0.1) is 5.69 Å². The van der Waals surface area contributed by atoms with Gasteiger partial charge >= 0.3 is 0 Å². The highest BCUT2D eigenvalue weighted by molar-refractivity contribution is 9.10. The predicted molar refractivity (Wildman–Crippen MR) is 139 cm³/mol. The van der Waals surface area contributed by atoms with Gasteiger partial charge in [-0.15, -0.1) is 0 Å². The lowest BCUT2D eigenvalue weighted by Gasteiger charge is -2.30. The van der Waals surface area contributed by atoms with Crippen molar-refractivity contribution in [3.05, 3.63) is 40.2 Å². The van der Waals surface area contributed by atoms with Crippen LogP contribution in [0.15, 0.2) is 33.2 Å². The predicted octanol–water partition coefficient (Wildman–Crippen LogP) is 6.20. The van der Waals surface area contributed by atoms with E-state index in [1.807, 2.05) is 31.2 Å². The number of oxazole rings is 1. The summed E-state index contributed by atoms with van der Waals surface area (Å²) in [6.45, 7) is 5.42. The van der Waals surface area contributed by atoms with Crippen LogP contribution in [-0.2, 0) is 11.3 Å². The van der Waals surface area contributed by atoms with Crippen molar-refractivity contribution in [1.29, 1.82) is 0 Å². The van der Waals surface area contributed by atoms with E-state index < -0.39 is 0 Å². The molecule has 0 atom stereocenters. The number of likely N-dealkylation sites (tertiary alicyclic amines) is 1. The second-order valence-electron chi connectivity index (χ2n) is 9.36. The molecule has 1 aliphatic carbocycles. The zero-order valence-electron chi connectivity index (χ0n) is 19.7. The number of hydrogen-bond acceptors (Lipinski definition) is 5. The zero-order chi connectivity index (χ0) is 23.0. The maximum absolute atomic E-state index is 12.6. The summed E-state index contributed by atoms with van der Waals surface area (Å²) in [4.78, 5) is 19.7. The van der Waals surface area contributed by atoms with E-state index in [0.717, 1.165) is 72.2 Å². The lowest BCUT2D eigenvalue weighted by Crippen LogP contribution is -2.40. The highest BCUT2D eigenvalue weighted by Crippen LogP contribution is 2.29. The summed E-state index contributed by atoms with van der Waals surface area (Å²) in [7, 11) is 0. The van der Waals surface area contributed by atoms with E-state index in [-0.39, 0.29) is 11.8 Å². The van der Waals surface area contributed by atoms with E-state index in [1.165, 1.54) is 37.9 Å². The normalized spacial score (nSPS) is 18.5. The third kappa shape index (κ3) is 7.33. The van der Waals surface area contributed by atoms with Crippen molar-refractivity contribution in [3.63, 3.8) is 0 Å². The number of carbonyl (C=O) groups excluding carboxylic acids is 1. The molecule has 2 fully saturated rings. The maximum Gasteiger partial charge on any atom is 0.226 e. The first kappa shape index (κ1) is 24.8. The van der Waals surface area contributed by atoms with Crippen molar-refractivity contribution >= 4 is 33.6 Å². The minimum atomic E-state index is 0.142. The lowest BCUT2D eigenvalue weighted by molar-refractivity contribution is -0.126. The van der Waals surface area contributed by atoms with Crippen LogP contribution >= 0.6 is 27.7 Å². The average molecular weight is 535 g/mol. The van der Waals surface area contributed by atoms with Gasteiger partial charge in [-0.05, 0) is 76.1 Å². The van der Waals surface area contributed by atoms with Crippen molar-refractivity contribution in [1.82, 2.24) is 15.2 Å². The van der Waals surface area contributed by atoms with E-state index in [0.29, 0.717) is 5.89 Å². The molecule has 0 spiro atoms. The molecule has 1 aliphatic heterocycles. The molecule has 2 aromatic rings. The summed E-state index contributed by atoms with van der Waals surface area (Å²) >= 11 is 5.62. The van der Waals surface area contributed by atoms with Gasteiger partial charge in [0, 0.05) is 34.3 Å². The third-order valence-corrected chi connectivity index (χ3v) is 8.78. The zero-order valence-corrected chi connectivity index (χ0v) is 22.1. The van der Waals surface area contributed by atoms with Gasteiger partial charge in [-0.25, -0.2) is 4.98 Å². The van der Waals surface area contributed by atoms with Gasteiger partial charge in [-0.3, -0.25) is 9.69 Å². The van der Waals surface area contributed by atoms with Crippen molar-refractivity contribution in [2.45, 2.75) is 70.1 Å². The Morgan fingerprint density at radius 2 is 2.00 bits per heavy atom. The van der Waals surface area contributed by atoms with Crippen molar-refractivity contribution in [2.75, 3.05) is 25.4 Å². The Hall–Kier alpha value is -1.31. The molecule has 1 N–H and O–H groups in total. The topological polar surface area (TPSA) is 58.4 Å². The summed E-state index contributed by atoms with van der Waals surface area (Å²) < 4.78 is 6.95. The smallest absolute Gasteiger partial charge is 0.226 e. The number of halogens is 1. The lowest BCUT2D eigenvalue weighted by atomic mass is 9.95. The summed E-state index contributed by atoms with van der Waals surface area (Å²) in [6, 6.07) is 8.02. The molecule has 2 heterocycles. The van der Waals surface area contributed by atoms with E-state index in [2.05, 4.69) is 37.9 Å². The highest BCUT2D eigenvalue weighted by atomic mass is 79.9. The van der Waals surface area contributed by atoms with Gasteiger partial charge in [-0.1, -0.05) is 41.3 Å². The number of amides is 1. The van der Waals surface area contributed by atoms with Crippen LogP contribution in [0.1, 0.15) is 62.8 Å². The van der Waals surface area contributed by atoms with Gasteiger partial charge < -0.3 is 9.73 Å². The molecule has 1 saturated carbocycles. The SMILES string of the molecule is Cc1oc(-c2cccc(Br)c2)nc1CN1CCC(C(=O)NCCCSC2CCCCC2)CC1. The molecular weight excluding hydrogens is 498 g/mol. The Balaban J connectivity index is 1.16. The Bertz CT molecular complexity index is 905. The third-order valence-electron chi connectivity index (χ3n) is 6.82. The van der Waals surface area contributed by atoms with Crippen LogP contribution in [0.2, 0.25) is 0 Å². The fraction of sp³-hybridized carbons (Fsp3) is 0.615. The van der Waals surface area contributed by atoms with Gasteiger partial charge in [0.15, 0.2) is 0 Å². The first-order valence-electron chi connectivity index (χ1n) is 12.4. The van der Waals surface area contributed by atoms with E-state index in [4.69, 9.17) is 9.40 Å². The Kier molecular flexibility index (Phi) is 9.33. The molecule has 180 valence electrons. The van der Waals surface area contributed by atoms with E-state index in [9.17, 15) is 4.79 Å². The number of carbonyl (C=O) groups is 1. The molecule has 4 rings (SSSR count). The van der Waals surface area contributed by atoms with Crippen LogP contribution in [0, 0.1) is 12.8 Å². The molecule has 1 aromatic heterocycles. The average Bonchev–Trinajstić information content (AvgIpc) is 3.20. The van der Waals surface area contributed by atoms with Gasteiger partial charge in [0.1, 0.15) is 5.76 Å². The molecule has 1 saturated heterocycles. The molecule has 0 bridgehead atoms. The number of rotatable bonds is 9. The first-order chi connectivity index (χ1) is 16.1. The van der Waals surface area contributed by atoms with E-state index in [1.54, 1.807) is 0 Å². The summed E-state index contributed by atoms with van der Waals surface area (Å²) in [5.41, 5.74) is 1.97. The van der Waals surface area contributed by atoms with Crippen LogP contribution in [0.4, 0.5) is 0 Å². The molecular formula is C26H36BrN3O2S. The van der Waals surface area contributed by atoms with Crippen molar-refractivity contribution in [3.8, 4) is 11.5 Å². The number of hydrogen-bond donors (Lipinski definition) is 1. The number of thioether (sulfide) groups is 1. The Morgan fingerprint density at radius 3 is 2.76 bits per heavy atom. The summed E-state index contributed by atoms with van der Waals surface area (Å²) in [6.07, 6.45) is 9.89. The van der Waals surface area contributed by atoms with E-state index >= 15 is 0 Å². The largest absolute Gasteiger partial charge is 0.441 e. The second-order valence-corrected chi connectivity index (χ2v) is 11.7. The van der Waals surface area contributed by atoms with Crippen LogP contribution in [-0.4, -0.2) is 46.4 Å². The van der Waals surface area contributed by atoms with Crippen LogP contribution in [0.25, 0.3) is 11.5 Å². The van der Waals surface area contributed by atoms with Gasteiger partial charge in [0.2, 0.25) is 11.8 Å². The fourth-order valence-electron chi connectivity index (χ4n) is 4.79. The van der Waals surface area contributed by atoms with Gasteiger partial charge in [0.25, 0.3) is 0 Å². The number of nitrogens with one attached hydrogen (secondary N) is 1. The van der Waals surface area contributed by atoms with Crippen LogP contribution < -0.4 is 5.32 Å². The highest BCUT2D eigenvalue weighted by Gasteiger charge is 2.26. The fourth-order valence-corrected chi connectivity index (χ4v) is 6.50. The molecule has 1 aromatic carbocycles. The van der Waals surface area contributed by atoms with Crippen LogP contribution in [0.3, 0.4) is 0 Å². The minimum absolute atomic E-state index is 0.142. The molecule has 0 radical (unpaired) electrons. The number of aryl methyl sites for hydroxylation is 1. The molecule has 2 aliphatic rings. The number of nitrogens with zero attached hydrogens (tertiary/aromatic N) is 2. The molecule has 5 nitrogen and oxygen atoms in total. The second kappa shape index (κ2) is 12.4. The molecule has 0 unspecified atom stereocenters. The molecule has 7 heteroatoms. The van der Waals surface area contributed by atoms with Crippen LogP contribution in [0.5, 0.6) is 0 Å². The Labute approximate surface area is 210 Å². The summed E-state index contributed by atoms with van der Waals surface area (Å²) in [5.74, 6) is 3.09. The number of benzene rings is 1. The molecule has 33 heavy (non-hydrogen) atoms. The minimum Gasteiger partial charge on any atom is -0.441 e. The van der Waals surface area contributed by atoms with Crippen molar-refractivity contribution in [2.24, 2.45) is 5.92 Å². The number of piperidine rings is 1. The maximum atomic E-state index is 12.6. The Morgan fingerprint density at radius 1 is 1.21 bits per heavy atom. The quantitative estimate of drug-likeness (QED) is 0.389. The number of aromatic nitrogens is 1. The standard InChI is InChI=1S/C26H36BrN3O2S/c1-19-24(29-26(32-19)21-7-5-8-22(27)17-21)18-30-14-11-20(12-15-30)25(31)28-13-6-16-33-23-9-3-2-4-10-23/h5,7-8,17,20,23H,2-4,6,9-16,18H2,1H3,(H,28,31). The monoisotopic (exact) mass is 533 g/mol. The molecule has 1 amide bonds.